The minimum absolute atomic E-state index is 0.350. The Labute approximate surface area is 60.2 Å². The van der Waals surface area contributed by atoms with Crippen molar-refractivity contribution in [2.24, 2.45) is 0 Å². The zero-order chi connectivity index (χ0) is 8.43. The summed E-state index contributed by atoms with van der Waals surface area (Å²) in [6, 6.07) is 0. The van der Waals surface area contributed by atoms with E-state index in [0.29, 0.717) is 0 Å². The van der Waals surface area contributed by atoms with Crippen LogP contribution in [0.15, 0.2) is 0 Å². The summed E-state index contributed by atoms with van der Waals surface area (Å²) in [5.41, 5.74) is -0.350. The summed E-state index contributed by atoms with van der Waals surface area (Å²) >= 11 is 0. The number of aromatic nitrogens is 3. The molecule has 1 heterocycles. The predicted molar refractivity (Wildman–Crippen MR) is 32.9 cm³/mol. The molecule has 0 fully saturated rings. The summed E-state index contributed by atoms with van der Waals surface area (Å²) in [5.74, 6) is -0.687. The topological polar surface area (TPSA) is 125 Å². The molecule has 3 N–H and O–H groups in total. The Bertz CT molecular complexity index is 271. The molecule has 0 saturated heterocycles. The maximum absolute atomic E-state index is 9.93. The maximum atomic E-state index is 9.93. The van der Waals surface area contributed by atoms with E-state index in [4.69, 9.17) is 10.0 Å². The van der Waals surface area contributed by atoms with Crippen LogP contribution in [0, 0.1) is 10.1 Å². The van der Waals surface area contributed by atoms with Crippen molar-refractivity contribution in [2.45, 2.75) is 0 Å². The molecular formula is C2H3BN4O4. The minimum atomic E-state index is -1.86. The fourth-order valence-electron chi connectivity index (χ4n) is 0.462. The quantitative estimate of drug-likeness (QED) is 0.246. The summed E-state index contributed by atoms with van der Waals surface area (Å²) in [5, 5.41) is 31.8. The van der Waals surface area contributed by atoms with Gasteiger partial charge in [-0.15, -0.1) is 0 Å². The van der Waals surface area contributed by atoms with E-state index in [1.807, 2.05) is 5.10 Å². The number of hydrogen-bond acceptors (Lipinski definition) is 6. The van der Waals surface area contributed by atoms with Crippen LogP contribution in [0.2, 0.25) is 0 Å². The van der Waals surface area contributed by atoms with Crippen molar-refractivity contribution in [2.75, 3.05) is 0 Å². The van der Waals surface area contributed by atoms with Crippen LogP contribution >= 0.6 is 0 Å². The molecule has 0 unspecified atom stereocenters. The largest absolute Gasteiger partial charge is 0.549 e. The van der Waals surface area contributed by atoms with Crippen molar-refractivity contribution in [3.63, 3.8) is 0 Å². The summed E-state index contributed by atoms with van der Waals surface area (Å²) in [6.07, 6.45) is 0. The van der Waals surface area contributed by atoms with Crippen LogP contribution < -0.4 is 5.72 Å². The second kappa shape index (κ2) is 2.64. The van der Waals surface area contributed by atoms with Gasteiger partial charge in [-0.25, -0.2) is 0 Å². The molecule has 0 aliphatic rings. The van der Waals surface area contributed by atoms with Gasteiger partial charge in [0.25, 0.3) is 0 Å². The molecule has 9 heteroatoms. The zero-order valence-corrected chi connectivity index (χ0v) is 5.13. The molecule has 0 aliphatic heterocycles. The third kappa shape index (κ3) is 1.51. The molecule has 0 amide bonds. The Morgan fingerprint density at radius 1 is 1.64 bits per heavy atom. The minimum Gasteiger partial charge on any atom is -0.420 e. The lowest BCUT2D eigenvalue weighted by Gasteiger charge is -1.83. The Hall–Kier alpha value is -1.48. The molecule has 1 aromatic rings. The van der Waals surface area contributed by atoms with Gasteiger partial charge in [-0.1, -0.05) is 4.98 Å². The molecule has 0 aliphatic carbocycles. The molecule has 0 atom stereocenters. The van der Waals surface area contributed by atoms with Crippen molar-refractivity contribution in [3.8, 4) is 0 Å². The second-order valence-corrected chi connectivity index (χ2v) is 1.65. The van der Waals surface area contributed by atoms with Crippen LogP contribution in [-0.2, 0) is 0 Å². The van der Waals surface area contributed by atoms with E-state index in [9.17, 15) is 10.1 Å². The van der Waals surface area contributed by atoms with Gasteiger partial charge in [0.2, 0.25) is 5.72 Å². The number of H-pyrrole nitrogens is 1. The fraction of sp³-hybridized carbons (Fsp3) is 0. The van der Waals surface area contributed by atoms with Crippen LogP contribution in [0.4, 0.5) is 5.95 Å². The normalized spacial score (nSPS) is 9.64. The molecule has 8 nitrogen and oxygen atoms in total. The van der Waals surface area contributed by atoms with Gasteiger partial charge in [-0.3, -0.25) is 0 Å². The first-order chi connectivity index (χ1) is 5.11. The molecule has 0 aromatic carbocycles. The summed E-state index contributed by atoms with van der Waals surface area (Å²) in [4.78, 5) is 12.2. The molecule has 0 radical (unpaired) electrons. The highest BCUT2D eigenvalue weighted by molar-refractivity contribution is 6.56. The van der Waals surface area contributed by atoms with Crippen LogP contribution in [0.5, 0.6) is 0 Å². The monoisotopic (exact) mass is 158 g/mol. The molecule has 11 heavy (non-hydrogen) atoms. The van der Waals surface area contributed by atoms with Gasteiger partial charge in [0.1, 0.15) is 0 Å². The molecule has 0 spiro atoms. The van der Waals surface area contributed by atoms with E-state index in [1.54, 1.807) is 0 Å². The number of rotatable bonds is 2. The predicted octanol–water partition coefficient (Wildman–Crippen LogP) is -2.61. The van der Waals surface area contributed by atoms with Gasteiger partial charge < -0.3 is 20.2 Å². The first-order valence-corrected chi connectivity index (χ1v) is 2.54. The lowest BCUT2D eigenvalue weighted by molar-refractivity contribution is -0.394. The van der Waals surface area contributed by atoms with Crippen molar-refractivity contribution in [1.82, 2.24) is 15.2 Å². The molecule has 58 valence electrons. The van der Waals surface area contributed by atoms with E-state index >= 15 is 0 Å². The first kappa shape index (κ1) is 7.63. The Kier molecular flexibility index (Phi) is 1.83. The van der Waals surface area contributed by atoms with Crippen LogP contribution in [0.1, 0.15) is 0 Å². The van der Waals surface area contributed by atoms with E-state index < -0.39 is 18.0 Å². The SMILES string of the molecule is O=[N+]([O-])c1n[nH]c(B(O)O)n1. The van der Waals surface area contributed by atoms with Crippen molar-refractivity contribution < 1.29 is 15.0 Å². The second-order valence-electron chi connectivity index (χ2n) is 1.65. The fourth-order valence-corrected chi connectivity index (χ4v) is 0.462. The molecular weight excluding hydrogens is 155 g/mol. The number of nitrogens with one attached hydrogen (secondary N) is 1. The van der Waals surface area contributed by atoms with Gasteiger partial charge in [0, 0.05) is 5.10 Å². The first-order valence-electron chi connectivity index (χ1n) is 2.54. The van der Waals surface area contributed by atoms with Gasteiger partial charge in [-0.2, -0.15) is 5.10 Å². The summed E-state index contributed by atoms with van der Waals surface area (Å²) in [7, 11) is -1.86. The lowest BCUT2D eigenvalue weighted by Crippen LogP contribution is -2.33. The molecule has 0 bridgehead atoms. The average molecular weight is 158 g/mol. The third-order valence-corrected chi connectivity index (χ3v) is 0.899. The summed E-state index contributed by atoms with van der Waals surface area (Å²) in [6.45, 7) is 0. The van der Waals surface area contributed by atoms with Gasteiger partial charge in [0.05, 0.1) is 0 Å². The van der Waals surface area contributed by atoms with E-state index in [2.05, 4.69) is 10.1 Å². The number of nitro groups is 1. The number of aromatic amines is 1. The average Bonchev–Trinajstić information content (AvgIpc) is 2.33. The lowest BCUT2D eigenvalue weighted by atomic mass is 9.91. The standard InChI is InChI=1S/C2H3BN4O4/c8-3(9)1-4-2(6-5-1)7(10)11/h8-9H,(H,4,5,6). The highest BCUT2D eigenvalue weighted by atomic mass is 16.6. The van der Waals surface area contributed by atoms with Crippen molar-refractivity contribution in [1.29, 1.82) is 0 Å². The highest BCUT2D eigenvalue weighted by Gasteiger charge is 2.24. The van der Waals surface area contributed by atoms with Crippen molar-refractivity contribution in [3.05, 3.63) is 10.1 Å². The molecule has 1 aromatic heterocycles. The maximum Gasteiger partial charge on any atom is 0.549 e. The van der Waals surface area contributed by atoms with Crippen LogP contribution in [0.3, 0.4) is 0 Å². The van der Waals surface area contributed by atoms with E-state index in [0.717, 1.165) is 0 Å². The van der Waals surface area contributed by atoms with Crippen molar-refractivity contribution >= 4 is 18.8 Å². The zero-order valence-electron chi connectivity index (χ0n) is 5.13. The number of nitrogens with zero attached hydrogens (tertiary/aromatic N) is 3. The molecule has 0 saturated carbocycles. The van der Waals surface area contributed by atoms with E-state index in [1.165, 1.54) is 0 Å². The Morgan fingerprint density at radius 2 is 2.27 bits per heavy atom. The van der Waals surface area contributed by atoms with Gasteiger partial charge in [-0.05, 0) is 4.92 Å². The smallest absolute Gasteiger partial charge is 0.420 e. The highest BCUT2D eigenvalue weighted by Crippen LogP contribution is 1.93. The van der Waals surface area contributed by atoms with Gasteiger partial charge in [0.15, 0.2) is 0 Å². The van der Waals surface area contributed by atoms with E-state index in [-0.39, 0.29) is 5.72 Å². The Balaban J connectivity index is 2.90. The van der Waals surface area contributed by atoms with Crippen LogP contribution in [-0.4, -0.2) is 37.3 Å². The Morgan fingerprint density at radius 3 is 2.55 bits per heavy atom. The summed E-state index contributed by atoms with van der Waals surface area (Å²) < 4.78 is 0. The van der Waals surface area contributed by atoms with Crippen LogP contribution in [0.25, 0.3) is 0 Å². The number of hydrogen-bond donors (Lipinski definition) is 3. The third-order valence-electron chi connectivity index (χ3n) is 0.899. The van der Waals surface area contributed by atoms with Gasteiger partial charge >= 0.3 is 13.1 Å². The molecule has 1 rings (SSSR count).